The molecule has 0 saturated heterocycles. The summed E-state index contributed by atoms with van der Waals surface area (Å²) in [4.78, 5) is 11.0. The van der Waals surface area contributed by atoms with Crippen molar-refractivity contribution in [1.82, 2.24) is 0 Å². The van der Waals surface area contributed by atoms with E-state index in [0.29, 0.717) is 6.42 Å². The van der Waals surface area contributed by atoms with Crippen molar-refractivity contribution in [1.29, 1.82) is 0 Å². The van der Waals surface area contributed by atoms with E-state index in [-0.39, 0.29) is 4.92 Å². The van der Waals surface area contributed by atoms with Crippen LogP contribution in [-0.2, 0) is 0 Å². The van der Waals surface area contributed by atoms with E-state index in [0.717, 1.165) is 18.4 Å². The Hall–Kier alpha value is -1.38. The molecular weight excluding hydrogens is 238 g/mol. The summed E-state index contributed by atoms with van der Waals surface area (Å²) in [7, 11) is 0. The molecule has 106 valence electrons. The first-order valence-corrected chi connectivity index (χ1v) is 7.44. The van der Waals surface area contributed by atoms with Gasteiger partial charge in [0.2, 0.25) is 6.04 Å². The molecule has 0 spiro atoms. The molecule has 1 aromatic carbocycles. The zero-order valence-corrected chi connectivity index (χ0v) is 11.9. The zero-order valence-electron chi connectivity index (χ0n) is 11.9. The van der Waals surface area contributed by atoms with Gasteiger partial charge in [-0.25, -0.2) is 0 Å². The Morgan fingerprint density at radius 3 is 2.16 bits per heavy atom. The largest absolute Gasteiger partial charge is 0.264 e. The second kappa shape index (κ2) is 9.54. The molecule has 0 aliphatic rings. The molecule has 3 heteroatoms. The van der Waals surface area contributed by atoms with E-state index in [9.17, 15) is 10.1 Å². The number of rotatable bonds is 10. The van der Waals surface area contributed by atoms with Crippen molar-refractivity contribution in [3.63, 3.8) is 0 Å². The predicted molar refractivity (Wildman–Crippen MR) is 78.8 cm³/mol. The predicted octanol–water partition coefficient (Wildman–Crippen LogP) is 5.15. The maximum absolute atomic E-state index is 11.1. The lowest BCUT2D eigenvalue weighted by atomic mass is 10.00. The molecule has 1 aromatic rings. The van der Waals surface area contributed by atoms with Crippen LogP contribution in [0.1, 0.15) is 69.9 Å². The zero-order chi connectivity index (χ0) is 13.9. The van der Waals surface area contributed by atoms with Crippen LogP contribution in [0, 0.1) is 10.1 Å². The van der Waals surface area contributed by atoms with Crippen LogP contribution in [0.4, 0.5) is 0 Å². The molecule has 0 heterocycles. The Morgan fingerprint density at radius 2 is 1.58 bits per heavy atom. The van der Waals surface area contributed by atoms with E-state index < -0.39 is 6.04 Å². The van der Waals surface area contributed by atoms with Gasteiger partial charge in [-0.15, -0.1) is 0 Å². The van der Waals surface area contributed by atoms with Crippen LogP contribution >= 0.6 is 0 Å². The molecule has 3 nitrogen and oxygen atoms in total. The van der Waals surface area contributed by atoms with Gasteiger partial charge in [-0.3, -0.25) is 10.1 Å². The van der Waals surface area contributed by atoms with Crippen molar-refractivity contribution in [2.45, 2.75) is 64.3 Å². The number of benzene rings is 1. The third-order valence-electron chi connectivity index (χ3n) is 3.52. The molecule has 1 rings (SSSR count). The van der Waals surface area contributed by atoms with E-state index in [4.69, 9.17) is 0 Å². The number of hydrogen-bond donors (Lipinski definition) is 0. The Bertz CT molecular complexity index is 351. The highest BCUT2D eigenvalue weighted by atomic mass is 16.6. The summed E-state index contributed by atoms with van der Waals surface area (Å²) in [5.41, 5.74) is 0.832. The molecule has 0 aliphatic heterocycles. The lowest BCUT2D eigenvalue weighted by Crippen LogP contribution is -2.10. The van der Waals surface area contributed by atoms with Gasteiger partial charge in [0.1, 0.15) is 0 Å². The highest BCUT2D eigenvalue weighted by molar-refractivity contribution is 5.17. The second-order valence-corrected chi connectivity index (χ2v) is 5.12. The molecular formula is C16H25NO2. The van der Waals surface area contributed by atoms with E-state index in [1.54, 1.807) is 0 Å². The molecule has 1 unspecified atom stereocenters. The lowest BCUT2D eigenvalue weighted by Gasteiger charge is -2.09. The van der Waals surface area contributed by atoms with Gasteiger partial charge >= 0.3 is 0 Å². The van der Waals surface area contributed by atoms with Crippen molar-refractivity contribution >= 4 is 0 Å². The average Bonchev–Trinajstić information content (AvgIpc) is 2.42. The van der Waals surface area contributed by atoms with Gasteiger partial charge in [0.15, 0.2) is 0 Å². The first kappa shape index (κ1) is 15.7. The molecule has 0 amide bonds. The molecule has 0 aromatic heterocycles. The minimum absolute atomic E-state index is 0.146. The fourth-order valence-electron chi connectivity index (χ4n) is 2.36. The second-order valence-electron chi connectivity index (χ2n) is 5.12. The minimum Gasteiger partial charge on any atom is -0.264 e. The molecule has 19 heavy (non-hydrogen) atoms. The summed E-state index contributed by atoms with van der Waals surface area (Å²) in [5, 5.41) is 11.1. The standard InChI is InChI=1S/C16H25NO2/c1-2-3-4-5-6-7-11-14-16(17(18)19)15-12-9-8-10-13-15/h8-10,12-13,16H,2-7,11,14H2,1H3. The number of nitro groups is 1. The van der Waals surface area contributed by atoms with Crippen molar-refractivity contribution < 1.29 is 4.92 Å². The lowest BCUT2D eigenvalue weighted by molar-refractivity contribution is -0.530. The van der Waals surface area contributed by atoms with E-state index in [1.807, 2.05) is 30.3 Å². The fraction of sp³-hybridized carbons (Fsp3) is 0.625. The van der Waals surface area contributed by atoms with Crippen LogP contribution < -0.4 is 0 Å². The fourth-order valence-corrected chi connectivity index (χ4v) is 2.36. The Morgan fingerprint density at radius 1 is 1.00 bits per heavy atom. The average molecular weight is 263 g/mol. The van der Waals surface area contributed by atoms with Gasteiger partial charge in [0, 0.05) is 16.9 Å². The minimum atomic E-state index is -0.531. The topological polar surface area (TPSA) is 43.1 Å². The summed E-state index contributed by atoms with van der Waals surface area (Å²) in [5.74, 6) is 0. The highest BCUT2D eigenvalue weighted by Gasteiger charge is 2.21. The van der Waals surface area contributed by atoms with Crippen LogP contribution in [0.3, 0.4) is 0 Å². The number of hydrogen-bond acceptors (Lipinski definition) is 2. The molecule has 0 fully saturated rings. The van der Waals surface area contributed by atoms with Crippen molar-refractivity contribution in [2.24, 2.45) is 0 Å². The van der Waals surface area contributed by atoms with E-state index in [1.165, 1.54) is 32.1 Å². The Balaban J connectivity index is 2.26. The number of nitrogens with zero attached hydrogens (tertiary/aromatic N) is 1. The maximum Gasteiger partial charge on any atom is 0.238 e. The van der Waals surface area contributed by atoms with Crippen LogP contribution in [0.5, 0.6) is 0 Å². The third kappa shape index (κ3) is 6.37. The molecule has 0 radical (unpaired) electrons. The first-order valence-electron chi connectivity index (χ1n) is 7.44. The Kier molecular flexibility index (Phi) is 7.87. The SMILES string of the molecule is CCCCCCCCCC(c1ccccc1)[N+](=O)[O-]. The van der Waals surface area contributed by atoms with Gasteiger partial charge in [-0.2, -0.15) is 0 Å². The third-order valence-corrected chi connectivity index (χ3v) is 3.52. The number of unbranched alkanes of at least 4 members (excludes halogenated alkanes) is 6. The molecule has 0 saturated carbocycles. The molecule has 0 N–H and O–H groups in total. The van der Waals surface area contributed by atoms with Crippen LogP contribution in [0.2, 0.25) is 0 Å². The van der Waals surface area contributed by atoms with Crippen molar-refractivity contribution in [2.75, 3.05) is 0 Å². The van der Waals surface area contributed by atoms with Crippen molar-refractivity contribution in [3.05, 3.63) is 46.0 Å². The van der Waals surface area contributed by atoms with Gasteiger partial charge in [0.25, 0.3) is 0 Å². The van der Waals surface area contributed by atoms with Crippen LogP contribution in [0.15, 0.2) is 30.3 Å². The van der Waals surface area contributed by atoms with Crippen molar-refractivity contribution in [3.8, 4) is 0 Å². The monoisotopic (exact) mass is 263 g/mol. The highest BCUT2D eigenvalue weighted by Crippen LogP contribution is 2.23. The first-order chi connectivity index (χ1) is 9.25. The van der Waals surface area contributed by atoms with Crippen LogP contribution in [-0.4, -0.2) is 4.92 Å². The summed E-state index contributed by atoms with van der Waals surface area (Å²) >= 11 is 0. The molecule has 0 bridgehead atoms. The molecule has 0 aliphatic carbocycles. The summed E-state index contributed by atoms with van der Waals surface area (Å²) in [6.45, 7) is 2.21. The quantitative estimate of drug-likeness (QED) is 0.333. The van der Waals surface area contributed by atoms with Gasteiger partial charge in [-0.05, 0) is 6.42 Å². The van der Waals surface area contributed by atoms with E-state index >= 15 is 0 Å². The Labute approximate surface area is 116 Å². The normalized spacial score (nSPS) is 12.3. The van der Waals surface area contributed by atoms with Gasteiger partial charge in [-0.1, -0.05) is 75.8 Å². The smallest absolute Gasteiger partial charge is 0.238 e. The maximum atomic E-state index is 11.1. The summed E-state index contributed by atoms with van der Waals surface area (Å²) in [6.07, 6.45) is 9.06. The van der Waals surface area contributed by atoms with E-state index in [2.05, 4.69) is 6.92 Å². The van der Waals surface area contributed by atoms with Gasteiger partial charge in [0.05, 0.1) is 0 Å². The summed E-state index contributed by atoms with van der Waals surface area (Å²) in [6, 6.07) is 8.82. The summed E-state index contributed by atoms with van der Waals surface area (Å²) < 4.78 is 0. The van der Waals surface area contributed by atoms with Gasteiger partial charge < -0.3 is 0 Å². The van der Waals surface area contributed by atoms with Crippen LogP contribution in [0.25, 0.3) is 0 Å². The molecule has 1 atom stereocenters.